The minimum Gasteiger partial charge on any atom is -0.302 e. The monoisotopic (exact) mass is 378 g/mol. The van der Waals surface area contributed by atoms with Crippen molar-refractivity contribution in [3.8, 4) is 0 Å². The number of hydrogen-bond donors (Lipinski definition) is 1. The molecule has 112 valence electrons. The summed E-state index contributed by atoms with van der Waals surface area (Å²) < 4.78 is 15.2. The molecule has 0 radical (unpaired) electrons. The average Bonchev–Trinajstić information content (AvgIpc) is 2.85. The largest absolute Gasteiger partial charge is 0.302 e. The van der Waals surface area contributed by atoms with E-state index >= 15 is 0 Å². The minimum atomic E-state index is -0.405. The zero-order valence-corrected chi connectivity index (χ0v) is 14.1. The first kappa shape index (κ1) is 15.1. The molecule has 0 aliphatic heterocycles. The number of carbonyl (C=O) groups excluding carboxylic acids is 1. The molecule has 0 aliphatic carbocycles. The van der Waals surface area contributed by atoms with Crippen molar-refractivity contribution in [1.82, 2.24) is 4.98 Å². The SMILES string of the molecule is Cc1ccc2nc(NC(=O)Cc3cccc(Br)c3F)sc2c1. The van der Waals surface area contributed by atoms with Gasteiger partial charge >= 0.3 is 0 Å². The average molecular weight is 379 g/mol. The highest BCUT2D eigenvalue weighted by molar-refractivity contribution is 9.10. The van der Waals surface area contributed by atoms with Gasteiger partial charge in [0, 0.05) is 0 Å². The molecule has 0 saturated heterocycles. The fourth-order valence-electron chi connectivity index (χ4n) is 2.11. The number of hydrogen-bond acceptors (Lipinski definition) is 3. The third kappa shape index (κ3) is 3.18. The van der Waals surface area contributed by atoms with Gasteiger partial charge in [-0.1, -0.05) is 29.5 Å². The summed E-state index contributed by atoms with van der Waals surface area (Å²) in [5.74, 6) is -0.689. The molecule has 1 aromatic heterocycles. The van der Waals surface area contributed by atoms with Gasteiger partial charge in [-0.2, -0.15) is 0 Å². The molecule has 3 nitrogen and oxygen atoms in total. The first-order valence-electron chi connectivity index (χ1n) is 6.63. The normalized spacial score (nSPS) is 10.9. The first-order chi connectivity index (χ1) is 10.5. The van der Waals surface area contributed by atoms with Crippen LogP contribution in [-0.2, 0) is 11.2 Å². The Morgan fingerprint density at radius 1 is 1.36 bits per heavy atom. The fraction of sp³-hybridized carbons (Fsp3) is 0.125. The summed E-state index contributed by atoms with van der Waals surface area (Å²) in [5, 5.41) is 3.26. The Bertz CT molecular complexity index is 862. The van der Waals surface area contributed by atoms with Gasteiger partial charge in [0.2, 0.25) is 5.91 Å². The molecule has 3 rings (SSSR count). The van der Waals surface area contributed by atoms with Crippen LogP contribution in [0.2, 0.25) is 0 Å². The number of thiazole rings is 1. The second kappa shape index (κ2) is 6.14. The number of anilines is 1. The summed E-state index contributed by atoms with van der Waals surface area (Å²) >= 11 is 4.53. The molecule has 1 N–H and O–H groups in total. The zero-order chi connectivity index (χ0) is 15.7. The number of nitrogens with one attached hydrogen (secondary N) is 1. The van der Waals surface area contributed by atoms with Crippen LogP contribution in [0, 0.1) is 12.7 Å². The van der Waals surface area contributed by atoms with Gasteiger partial charge in [0.1, 0.15) is 5.82 Å². The molecule has 6 heteroatoms. The number of rotatable bonds is 3. The van der Waals surface area contributed by atoms with Gasteiger partial charge in [-0.05, 0) is 52.2 Å². The predicted molar refractivity (Wildman–Crippen MR) is 90.8 cm³/mol. The third-order valence-electron chi connectivity index (χ3n) is 3.17. The van der Waals surface area contributed by atoms with E-state index < -0.39 is 5.82 Å². The van der Waals surface area contributed by atoms with Crippen LogP contribution in [0.3, 0.4) is 0 Å². The number of nitrogens with zero attached hydrogens (tertiary/aromatic N) is 1. The smallest absolute Gasteiger partial charge is 0.230 e. The minimum absolute atomic E-state index is 0.0276. The highest BCUT2D eigenvalue weighted by Gasteiger charge is 2.12. The second-order valence-corrected chi connectivity index (χ2v) is 6.81. The molecule has 0 unspecified atom stereocenters. The van der Waals surface area contributed by atoms with E-state index in [0.717, 1.165) is 15.8 Å². The lowest BCUT2D eigenvalue weighted by Crippen LogP contribution is -2.15. The fourth-order valence-corrected chi connectivity index (χ4v) is 3.49. The van der Waals surface area contributed by atoms with Crippen LogP contribution in [0.1, 0.15) is 11.1 Å². The summed E-state index contributed by atoms with van der Waals surface area (Å²) in [4.78, 5) is 16.4. The standard InChI is InChI=1S/C16H12BrFN2OS/c1-9-5-6-12-13(7-9)22-16(19-12)20-14(21)8-10-3-2-4-11(17)15(10)18/h2-7H,8H2,1H3,(H,19,20,21). The number of amides is 1. The van der Waals surface area contributed by atoms with Gasteiger partial charge in [-0.25, -0.2) is 9.37 Å². The molecule has 22 heavy (non-hydrogen) atoms. The number of carbonyl (C=O) groups is 1. The molecule has 0 fully saturated rings. The van der Waals surface area contributed by atoms with E-state index in [0.29, 0.717) is 15.2 Å². The van der Waals surface area contributed by atoms with Gasteiger partial charge < -0.3 is 5.32 Å². The van der Waals surface area contributed by atoms with Crippen LogP contribution in [0.5, 0.6) is 0 Å². The Kier molecular flexibility index (Phi) is 4.22. The highest BCUT2D eigenvalue weighted by Crippen LogP contribution is 2.27. The van der Waals surface area contributed by atoms with Crippen LogP contribution in [0.15, 0.2) is 40.9 Å². The molecule has 1 heterocycles. The van der Waals surface area contributed by atoms with Crippen molar-refractivity contribution in [2.75, 3.05) is 5.32 Å². The van der Waals surface area contributed by atoms with Crippen LogP contribution in [0.4, 0.5) is 9.52 Å². The van der Waals surface area contributed by atoms with Crippen LogP contribution in [0.25, 0.3) is 10.2 Å². The quantitative estimate of drug-likeness (QED) is 0.718. The van der Waals surface area contributed by atoms with E-state index in [4.69, 9.17) is 0 Å². The zero-order valence-electron chi connectivity index (χ0n) is 11.7. The molecule has 2 aromatic carbocycles. The second-order valence-electron chi connectivity index (χ2n) is 4.93. The summed E-state index contributed by atoms with van der Waals surface area (Å²) in [5.41, 5.74) is 2.34. The Morgan fingerprint density at radius 2 is 2.18 bits per heavy atom. The Morgan fingerprint density at radius 3 is 3.00 bits per heavy atom. The van der Waals surface area contributed by atoms with Crippen LogP contribution >= 0.6 is 27.3 Å². The van der Waals surface area contributed by atoms with E-state index in [9.17, 15) is 9.18 Å². The lowest BCUT2D eigenvalue weighted by Gasteiger charge is -2.04. The van der Waals surface area contributed by atoms with Crippen molar-refractivity contribution in [1.29, 1.82) is 0 Å². The summed E-state index contributed by atoms with van der Waals surface area (Å²) in [7, 11) is 0. The third-order valence-corrected chi connectivity index (χ3v) is 4.72. The number of benzene rings is 2. The Balaban J connectivity index is 1.76. The van der Waals surface area contributed by atoms with Crippen molar-refractivity contribution in [3.63, 3.8) is 0 Å². The van der Waals surface area contributed by atoms with E-state index in [1.807, 2.05) is 25.1 Å². The van der Waals surface area contributed by atoms with E-state index in [1.165, 1.54) is 11.3 Å². The topological polar surface area (TPSA) is 42.0 Å². The summed E-state index contributed by atoms with van der Waals surface area (Å²) in [6.07, 6.45) is -0.0276. The molecule has 0 aliphatic rings. The number of halogens is 2. The number of aryl methyl sites for hydroxylation is 1. The molecule has 0 bridgehead atoms. The molecular formula is C16H12BrFN2OS. The van der Waals surface area contributed by atoms with E-state index in [-0.39, 0.29) is 12.3 Å². The van der Waals surface area contributed by atoms with Gasteiger partial charge in [0.05, 0.1) is 21.1 Å². The maximum atomic E-state index is 13.9. The van der Waals surface area contributed by atoms with Crippen LogP contribution < -0.4 is 5.32 Å². The lowest BCUT2D eigenvalue weighted by atomic mass is 10.1. The van der Waals surface area contributed by atoms with Gasteiger partial charge in [0.25, 0.3) is 0 Å². The van der Waals surface area contributed by atoms with Gasteiger partial charge in [0.15, 0.2) is 5.13 Å². The predicted octanol–water partition coefficient (Wildman–Crippen LogP) is 4.69. The van der Waals surface area contributed by atoms with Crippen molar-refractivity contribution in [2.45, 2.75) is 13.3 Å². The molecular weight excluding hydrogens is 367 g/mol. The Hall–Kier alpha value is -1.79. The molecule has 1 amide bonds. The molecule has 0 spiro atoms. The molecule has 0 saturated carbocycles. The van der Waals surface area contributed by atoms with Crippen molar-refractivity contribution < 1.29 is 9.18 Å². The van der Waals surface area contributed by atoms with Crippen molar-refractivity contribution >= 4 is 48.5 Å². The molecule has 0 atom stereocenters. The summed E-state index contributed by atoms with van der Waals surface area (Å²) in [6, 6.07) is 10.8. The van der Waals surface area contributed by atoms with Gasteiger partial charge in [-0.15, -0.1) is 0 Å². The Labute approximate surface area is 139 Å². The summed E-state index contributed by atoms with van der Waals surface area (Å²) in [6.45, 7) is 2.01. The maximum Gasteiger partial charge on any atom is 0.230 e. The number of aromatic nitrogens is 1. The first-order valence-corrected chi connectivity index (χ1v) is 8.24. The van der Waals surface area contributed by atoms with Crippen LogP contribution in [-0.4, -0.2) is 10.9 Å². The number of fused-ring (bicyclic) bond motifs is 1. The van der Waals surface area contributed by atoms with E-state index in [2.05, 4.69) is 26.2 Å². The highest BCUT2D eigenvalue weighted by atomic mass is 79.9. The van der Waals surface area contributed by atoms with Crippen molar-refractivity contribution in [3.05, 3.63) is 57.8 Å². The maximum absolute atomic E-state index is 13.9. The lowest BCUT2D eigenvalue weighted by molar-refractivity contribution is -0.115. The van der Waals surface area contributed by atoms with E-state index in [1.54, 1.807) is 18.2 Å². The van der Waals surface area contributed by atoms with Crippen molar-refractivity contribution in [2.24, 2.45) is 0 Å². The molecule has 3 aromatic rings. The van der Waals surface area contributed by atoms with Gasteiger partial charge in [-0.3, -0.25) is 4.79 Å².